The van der Waals surface area contributed by atoms with Gasteiger partial charge in [-0.25, -0.2) is 0 Å². The number of hydrogen-bond acceptors (Lipinski definition) is 3. The predicted molar refractivity (Wildman–Crippen MR) is 93.1 cm³/mol. The molecule has 2 N–H and O–H groups in total. The SMILES string of the molecule is COc1ccccc1CN(CCO)C(=O)c1cccc2cc[nH]c12. The number of amides is 1. The van der Waals surface area contributed by atoms with Gasteiger partial charge in [0.1, 0.15) is 5.75 Å². The van der Waals surface area contributed by atoms with Gasteiger partial charge in [0.05, 0.1) is 24.8 Å². The van der Waals surface area contributed by atoms with Gasteiger partial charge < -0.3 is 19.7 Å². The molecule has 0 spiro atoms. The molecular formula is C19H20N2O3. The maximum Gasteiger partial charge on any atom is 0.256 e. The first-order valence-corrected chi connectivity index (χ1v) is 7.82. The fraction of sp³-hybridized carbons (Fsp3) is 0.211. The highest BCUT2D eigenvalue weighted by Crippen LogP contribution is 2.22. The Morgan fingerprint density at radius 1 is 1.17 bits per heavy atom. The average Bonchev–Trinajstić information content (AvgIpc) is 3.10. The lowest BCUT2D eigenvalue weighted by Crippen LogP contribution is -2.33. The van der Waals surface area contributed by atoms with Crippen molar-refractivity contribution in [1.82, 2.24) is 9.88 Å². The summed E-state index contributed by atoms with van der Waals surface area (Å²) in [5.41, 5.74) is 2.31. The van der Waals surface area contributed by atoms with E-state index in [0.717, 1.165) is 22.2 Å². The van der Waals surface area contributed by atoms with Crippen LogP contribution in [0.1, 0.15) is 15.9 Å². The van der Waals surface area contributed by atoms with E-state index in [4.69, 9.17) is 4.74 Å². The normalized spacial score (nSPS) is 10.8. The largest absolute Gasteiger partial charge is 0.496 e. The van der Waals surface area contributed by atoms with Crippen molar-refractivity contribution in [3.8, 4) is 5.75 Å². The number of rotatable bonds is 6. The van der Waals surface area contributed by atoms with Crippen LogP contribution in [0.15, 0.2) is 54.7 Å². The number of aromatic nitrogens is 1. The number of H-pyrrole nitrogens is 1. The average molecular weight is 324 g/mol. The van der Waals surface area contributed by atoms with E-state index in [1.54, 1.807) is 18.1 Å². The molecule has 0 saturated carbocycles. The molecule has 1 aromatic heterocycles. The molecular weight excluding hydrogens is 304 g/mol. The Kier molecular flexibility index (Phi) is 4.82. The molecule has 5 nitrogen and oxygen atoms in total. The highest BCUT2D eigenvalue weighted by molar-refractivity contribution is 6.05. The molecule has 0 bridgehead atoms. The van der Waals surface area contributed by atoms with E-state index < -0.39 is 0 Å². The Hall–Kier alpha value is -2.79. The summed E-state index contributed by atoms with van der Waals surface area (Å²) >= 11 is 0. The summed E-state index contributed by atoms with van der Waals surface area (Å²) in [5, 5.41) is 10.4. The van der Waals surface area contributed by atoms with Gasteiger partial charge in [-0.2, -0.15) is 0 Å². The summed E-state index contributed by atoms with van der Waals surface area (Å²) in [7, 11) is 1.61. The highest BCUT2D eigenvalue weighted by Gasteiger charge is 2.19. The fourth-order valence-electron chi connectivity index (χ4n) is 2.85. The number of carbonyl (C=O) groups is 1. The lowest BCUT2D eigenvalue weighted by atomic mass is 10.1. The van der Waals surface area contributed by atoms with E-state index in [2.05, 4.69) is 4.98 Å². The Bertz CT molecular complexity index is 841. The number of aliphatic hydroxyl groups is 1. The zero-order chi connectivity index (χ0) is 16.9. The van der Waals surface area contributed by atoms with E-state index in [-0.39, 0.29) is 19.1 Å². The van der Waals surface area contributed by atoms with E-state index in [1.807, 2.05) is 48.7 Å². The molecule has 0 saturated heterocycles. The second kappa shape index (κ2) is 7.19. The van der Waals surface area contributed by atoms with Crippen molar-refractivity contribution in [2.24, 2.45) is 0 Å². The Labute approximate surface area is 140 Å². The number of nitrogens with one attached hydrogen (secondary N) is 1. The third-order valence-electron chi connectivity index (χ3n) is 4.03. The summed E-state index contributed by atoms with van der Waals surface area (Å²) in [5.74, 6) is 0.606. The minimum Gasteiger partial charge on any atom is -0.496 e. The van der Waals surface area contributed by atoms with Crippen LogP contribution in [-0.4, -0.2) is 41.2 Å². The van der Waals surface area contributed by atoms with Gasteiger partial charge in [-0.1, -0.05) is 30.3 Å². The molecule has 2 aromatic carbocycles. The van der Waals surface area contributed by atoms with Gasteiger partial charge in [0.2, 0.25) is 0 Å². The molecule has 0 unspecified atom stereocenters. The molecule has 3 aromatic rings. The second-order valence-corrected chi connectivity index (χ2v) is 5.51. The number of benzene rings is 2. The third-order valence-corrected chi connectivity index (χ3v) is 4.03. The van der Waals surface area contributed by atoms with Gasteiger partial charge in [-0.05, 0) is 18.2 Å². The maximum atomic E-state index is 13.0. The van der Waals surface area contributed by atoms with Crippen LogP contribution in [0, 0.1) is 0 Å². The number of nitrogens with zero attached hydrogens (tertiary/aromatic N) is 1. The van der Waals surface area contributed by atoms with E-state index in [9.17, 15) is 9.90 Å². The van der Waals surface area contributed by atoms with Crippen LogP contribution in [0.2, 0.25) is 0 Å². The van der Waals surface area contributed by atoms with Gasteiger partial charge in [0, 0.05) is 30.2 Å². The minimum absolute atomic E-state index is 0.0956. The van der Waals surface area contributed by atoms with Crippen molar-refractivity contribution >= 4 is 16.8 Å². The van der Waals surface area contributed by atoms with Gasteiger partial charge in [0.25, 0.3) is 5.91 Å². The number of para-hydroxylation sites is 2. The van der Waals surface area contributed by atoms with Gasteiger partial charge in [0.15, 0.2) is 0 Å². The molecule has 0 radical (unpaired) electrons. The zero-order valence-corrected chi connectivity index (χ0v) is 13.5. The first-order chi connectivity index (χ1) is 11.7. The monoisotopic (exact) mass is 324 g/mol. The number of aliphatic hydroxyl groups excluding tert-OH is 1. The van der Waals surface area contributed by atoms with Crippen LogP contribution in [0.25, 0.3) is 10.9 Å². The van der Waals surface area contributed by atoms with E-state index >= 15 is 0 Å². The molecule has 0 aliphatic heterocycles. The number of ether oxygens (including phenoxy) is 1. The van der Waals surface area contributed by atoms with Crippen molar-refractivity contribution in [2.45, 2.75) is 6.54 Å². The summed E-state index contributed by atoms with van der Waals surface area (Å²) in [6.07, 6.45) is 1.82. The van der Waals surface area contributed by atoms with Crippen LogP contribution in [0.5, 0.6) is 5.75 Å². The number of fused-ring (bicyclic) bond motifs is 1. The lowest BCUT2D eigenvalue weighted by molar-refractivity contribution is 0.0708. The summed E-state index contributed by atoms with van der Waals surface area (Å²) in [4.78, 5) is 17.8. The quantitative estimate of drug-likeness (QED) is 0.733. The Morgan fingerprint density at radius 3 is 2.79 bits per heavy atom. The topological polar surface area (TPSA) is 65.6 Å². The second-order valence-electron chi connectivity index (χ2n) is 5.51. The van der Waals surface area contributed by atoms with Crippen LogP contribution in [0.3, 0.4) is 0 Å². The van der Waals surface area contributed by atoms with Crippen molar-refractivity contribution in [1.29, 1.82) is 0 Å². The van der Waals surface area contributed by atoms with Gasteiger partial charge in [-0.3, -0.25) is 4.79 Å². The molecule has 0 aliphatic rings. The molecule has 124 valence electrons. The zero-order valence-electron chi connectivity index (χ0n) is 13.5. The predicted octanol–water partition coefficient (Wildman–Crippen LogP) is 2.81. The number of carbonyl (C=O) groups excluding carboxylic acids is 1. The van der Waals surface area contributed by atoms with Crippen molar-refractivity contribution in [3.63, 3.8) is 0 Å². The summed E-state index contributed by atoms with van der Waals surface area (Å²) in [6, 6.07) is 15.1. The number of aromatic amines is 1. The van der Waals surface area contributed by atoms with Crippen LogP contribution >= 0.6 is 0 Å². The molecule has 24 heavy (non-hydrogen) atoms. The molecule has 0 atom stereocenters. The Balaban J connectivity index is 1.93. The summed E-state index contributed by atoms with van der Waals surface area (Å²) < 4.78 is 5.36. The maximum absolute atomic E-state index is 13.0. The fourth-order valence-corrected chi connectivity index (χ4v) is 2.85. The lowest BCUT2D eigenvalue weighted by Gasteiger charge is -2.23. The molecule has 1 heterocycles. The van der Waals surface area contributed by atoms with Crippen LogP contribution in [0.4, 0.5) is 0 Å². The molecule has 1 amide bonds. The van der Waals surface area contributed by atoms with Gasteiger partial charge >= 0.3 is 0 Å². The third kappa shape index (κ3) is 3.12. The van der Waals surface area contributed by atoms with Crippen molar-refractivity contribution < 1.29 is 14.6 Å². The Morgan fingerprint density at radius 2 is 2.00 bits per heavy atom. The first-order valence-electron chi connectivity index (χ1n) is 7.82. The standard InChI is InChI=1S/C19H20N2O3/c1-24-17-8-3-2-5-15(17)13-21(11-12-22)19(23)16-7-4-6-14-9-10-20-18(14)16/h2-10,20,22H,11-13H2,1H3. The number of methoxy groups -OCH3 is 1. The smallest absolute Gasteiger partial charge is 0.256 e. The van der Waals surface area contributed by atoms with Crippen molar-refractivity contribution in [3.05, 3.63) is 65.9 Å². The highest BCUT2D eigenvalue weighted by atomic mass is 16.5. The van der Waals surface area contributed by atoms with E-state index in [0.29, 0.717) is 12.1 Å². The first kappa shape index (κ1) is 16.1. The molecule has 0 fully saturated rings. The summed E-state index contributed by atoms with van der Waals surface area (Å²) in [6.45, 7) is 0.538. The van der Waals surface area contributed by atoms with Gasteiger partial charge in [-0.15, -0.1) is 0 Å². The number of hydrogen-bond donors (Lipinski definition) is 2. The molecule has 5 heteroatoms. The molecule has 3 rings (SSSR count). The molecule has 0 aliphatic carbocycles. The van der Waals surface area contributed by atoms with E-state index in [1.165, 1.54) is 0 Å². The minimum atomic E-state index is -0.122. The van der Waals surface area contributed by atoms with Crippen LogP contribution in [-0.2, 0) is 6.54 Å². The van der Waals surface area contributed by atoms with Crippen molar-refractivity contribution in [2.75, 3.05) is 20.3 Å². The van der Waals surface area contributed by atoms with Crippen LogP contribution < -0.4 is 4.74 Å².